The third-order valence-electron chi connectivity index (χ3n) is 2.99. The summed E-state index contributed by atoms with van der Waals surface area (Å²) in [6.45, 7) is 2.48. The maximum absolute atomic E-state index is 12.3. The molecule has 2 atom stereocenters. The molecule has 98 valence electrons. The van der Waals surface area contributed by atoms with Crippen molar-refractivity contribution < 1.29 is 19.4 Å². The molecular weight excluding hydrogens is 236 g/mol. The third kappa shape index (κ3) is 2.60. The van der Waals surface area contributed by atoms with Gasteiger partial charge in [0.15, 0.2) is 12.4 Å². The average molecular weight is 252 g/mol. The SMILES string of the molecule is CC1COC(CO)CN1C(=O)c1ccc[n+]([O-])c1. The fraction of sp³-hybridized carbons (Fsp3) is 0.500. The van der Waals surface area contributed by atoms with E-state index in [0.29, 0.717) is 23.4 Å². The normalized spacial score (nSPS) is 24.0. The van der Waals surface area contributed by atoms with Crippen LogP contribution in [-0.4, -0.2) is 47.8 Å². The van der Waals surface area contributed by atoms with E-state index in [1.54, 1.807) is 11.0 Å². The van der Waals surface area contributed by atoms with Gasteiger partial charge in [-0.25, -0.2) is 0 Å². The number of carbonyl (C=O) groups is 1. The van der Waals surface area contributed by atoms with Crippen molar-refractivity contribution >= 4 is 5.91 Å². The second-order valence-electron chi connectivity index (χ2n) is 4.40. The van der Waals surface area contributed by atoms with Crippen molar-refractivity contribution in [1.82, 2.24) is 4.90 Å². The molecule has 0 bridgehead atoms. The number of nitrogens with zero attached hydrogens (tertiary/aromatic N) is 2. The molecule has 2 unspecified atom stereocenters. The van der Waals surface area contributed by atoms with Gasteiger partial charge in [-0.2, -0.15) is 4.73 Å². The first kappa shape index (κ1) is 12.8. The molecule has 1 aromatic rings. The summed E-state index contributed by atoms with van der Waals surface area (Å²) in [5.41, 5.74) is 0.345. The smallest absolute Gasteiger partial charge is 0.260 e. The van der Waals surface area contributed by atoms with E-state index in [1.807, 2.05) is 6.92 Å². The molecule has 1 aliphatic rings. The predicted octanol–water partition coefficient (Wildman–Crippen LogP) is -0.458. The Labute approximate surface area is 105 Å². The van der Waals surface area contributed by atoms with E-state index in [1.165, 1.54) is 18.5 Å². The highest BCUT2D eigenvalue weighted by atomic mass is 16.5. The van der Waals surface area contributed by atoms with E-state index in [-0.39, 0.29) is 24.7 Å². The van der Waals surface area contributed by atoms with Crippen molar-refractivity contribution in [3.05, 3.63) is 35.3 Å². The van der Waals surface area contributed by atoms with Crippen molar-refractivity contribution in [2.75, 3.05) is 19.8 Å². The maximum Gasteiger partial charge on any atom is 0.260 e. The second-order valence-corrected chi connectivity index (χ2v) is 4.40. The summed E-state index contributed by atoms with van der Waals surface area (Å²) in [5.74, 6) is -0.213. The Bertz CT molecular complexity index is 438. The number of aliphatic hydroxyl groups is 1. The van der Waals surface area contributed by atoms with Crippen molar-refractivity contribution in [2.45, 2.75) is 19.1 Å². The molecule has 0 saturated carbocycles. The van der Waals surface area contributed by atoms with Crippen LogP contribution in [0.25, 0.3) is 0 Å². The zero-order valence-electron chi connectivity index (χ0n) is 10.2. The van der Waals surface area contributed by atoms with Crippen LogP contribution >= 0.6 is 0 Å². The Hall–Kier alpha value is -1.66. The molecule has 6 nitrogen and oxygen atoms in total. The number of hydrogen-bond donors (Lipinski definition) is 1. The summed E-state index contributed by atoms with van der Waals surface area (Å²) in [5, 5.41) is 20.2. The number of pyridine rings is 1. The van der Waals surface area contributed by atoms with E-state index in [9.17, 15) is 10.0 Å². The number of hydrogen-bond acceptors (Lipinski definition) is 4. The highest BCUT2D eigenvalue weighted by molar-refractivity contribution is 5.94. The quantitative estimate of drug-likeness (QED) is 0.571. The van der Waals surface area contributed by atoms with Crippen molar-refractivity contribution in [2.24, 2.45) is 0 Å². The molecule has 1 saturated heterocycles. The van der Waals surface area contributed by atoms with Gasteiger partial charge in [0, 0.05) is 12.6 Å². The van der Waals surface area contributed by atoms with Gasteiger partial charge in [-0.05, 0) is 13.0 Å². The molecule has 1 aromatic heterocycles. The first-order valence-electron chi connectivity index (χ1n) is 5.84. The lowest BCUT2D eigenvalue weighted by Crippen LogP contribution is -2.52. The van der Waals surface area contributed by atoms with Crippen molar-refractivity contribution in [3.8, 4) is 0 Å². The minimum atomic E-state index is -0.353. The average Bonchev–Trinajstić information content (AvgIpc) is 2.38. The van der Waals surface area contributed by atoms with Crippen LogP contribution in [0.4, 0.5) is 0 Å². The number of carbonyl (C=O) groups excluding carboxylic acids is 1. The van der Waals surface area contributed by atoms with Gasteiger partial charge in [-0.15, -0.1) is 0 Å². The first-order valence-corrected chi connectivity index (χ1v) is 5.84. The van der Waals surface area contributed by atoms with Gasteiger partial charge in [-0.3, -0.25) is 4.79 Å². The molecule has 0 spiro atoms. The summed E-state index contributed by atoms with van der Waals surface area (Å²) in [6.07, 6.45) is 2.22. The summed E-state index contributed by atoms with van der Waals surface area (Å²) < 4.78 is 5.97. The van der Waals surface area contributed by atoms with E-state index in [4.69, 9.17) is 9.84 Å². The summed E-state index contributed by atoms with van der Waals surface area (Å²) >= 11 is 0. The highest BCUT2D eigenvalue weighted by Crippen LogP contribution is 2.14. The van der Waals surface area contributed by atoms with Crippen LogP contribution in [0, 0.1) is 5.21 Å². The zero-order valence-corrected chi connectivity index (χ0v) is 10.2. The Morgan fingerprint density at radius 1 is 1.72 bits per heavy atom. The van der Waals surface area contributed by atoms with Gasteiger partial charge in [-0.1, -0.05) is 0 Å². The first-order chi connectivity index (χ1) is 8.61. The molecule has 1 aliphatic heterocycles. The largest absolute Gasteiger partial charge is 0.619 e. The Morgan fingerprint density at radius 2 is 2.50 bits per heavy atom. The molecule has 1 N–H and O–H groups in total. The molecule has 1 amide bonds. The number of aromatic nitrogens is 1. The highest BCUT2D eigenvalue weighted by Gasteiger charge is 2.30. The van der Waals surface area contributed by atoms with Crippen LogP contribution in [0.1, 0.15) is 17.3 Å². The van der Waals surface area contributed by atoms with Gasteiger partial charge < -0.3 is 20.0 Å². The lowest BCUT2D eigenvalue weighted by atomic mass is 10.1. The van der Waals surface area contributed by atoms with Crippen molar-refractivity contribution in [3.63, 3.8) is 0 Å². The van der Waals surface area contributed by atoms with Gasteiger partial charge in [0.2, 0.25) is 0 Å². The van der Waals surface area contributed by atoms with E-state index in [2.05, 4.69) is 0 Å². The molecule has 2 heterocycles. The molecule has 0 aliphatic carbocycles. The van der Waals surface area contributed by atoms with Crippen LogP contribution in [0.5, 0.6) is 0 Å². The van der Waals surface area contributed by atoms with Gasteiger partial charge >= 0.3 is 0 Å². The van der Waals surface area contributed by atoms with Gasteiger partial charge in [0.05, 0.1) is 25.4 Å². The summed E-state index contributed by atoms with van der Waals surface area (Å²) in [4.78, 5) is 13.9. The lowest BCUT2D eigenvalue weighted by Gasteiger charge is -2.37. The van der Waals surface area contributed by atoms with E-state index < -0.39 is 0 Å². The Morgan fingerprint density at radius 3 is 3.17 bits per heavy atom. The molecular formula is C12H16N2O4. The maximum atomic E-state index is 12.3. The Kier molecular flexibility index (Phi) is 3.78. The molecule has 0 radical (unpaired) electrons. The van der Waals surface area contributed by atoms with E-state index >= 15 is 0 Å². The number of ether oxygens (including phenoxy) is 1. The topological polar surface area (TPSA) is 76.7 Å². The second kappa shape index (κ2) is 5.32. The van der Waals surface area contributed by atoms with E-state index in [0.717, 1.165) is 0 Å². The molecule has 1 fully saturated rings. The molecule has 2 rings (SSSR count). The van der Waals surface area contributed by atoms with Crippen LogP contribution in [0.15, 0.2) is 24.5 Å². The fourth-order valence-corrected chi connectivity index (χ4v) is 1.96. The standard InChI is InChI=1S/C12H16N2O4/c1-9-8-18-11(7-15)6-14(9)12(16)10-3-2-4-13(17)5-10/h2-5,9,11,15H,6-8H2,1H3. The van der Waals surface area contributed by atoms with Crippen LogP contribution in [0.2, 0.25) is 0 Å². The minimum Gasteiger partial charge on any atom is -0.619 e. The molecule has 6 heteroatoms. The minimum absolute atomic E-state index is 0.0689. The monoisotopic (exact) mass is 252 g/mol. The van der Waals surface area contributed by atoms with Gasteiger partial charge in [0.25, 0.3) is 5.91 Å². The molecule has 18 heavy (non-hydrogen) atoms. The predicted molar refractivity (Wildman–Crippen MR) is 62.7 cm³/mol. The number of rotatable bonds is 2. The number of aliphatic hydroxyl groups excluding tert-OH is 1. The summed E-state index contributed by atoms with van der Waals surface area (Å²) in [6, 6.07) is 3.07. The van der Waals surface area contributed by atoms with Crippen LogP contribution < -0.4 is 4.73 Å². The molecule has 0 aromatic carbocycles. The lowest BCUT2D eigenvalue weighted by molar-refractivity contribution is -0.605. The third-order valence-corrected chi connectivity index (χ3v) is 2.99. The van der Waals surface area contributed by atoms with Crippen molar-refractivity contribution in [1.29, 1.82) is 0 Å². The fourth-order valence-electron chi connectivity index (χ4n) is 1.96. The van der Waals surface area contributed by atoms with Crippen LogP contribution in [0.3, 0.4) is 0 Å². The summed E-state index contributed by atoms with van der Waals surface area (Å²) in [7, 11) is 0. The number of morpholine rings is 1. The number of amides is 1. The zero-order chi connectivity index (χ0) is 13.1. The van der Waals surface area contributed by atoms with Crippen LogP contribution in [-0.2, 0) is 4.74 Å². The Balaban J connectivity index is 2.16. The van der Waals surface area contributed by atoms with Gasteiger partial charge in [0.1, 0.15) is 5.56 Å².